The van der Waals surface area contributed by atoms with Crippen molar-refractivity contribution in [3.05, 3.63) is 75.9 Å². The number of carbonyl (C=O) groups excluding carboxylic acids is 1. The van der Waals surface area contributed by atoms with Crippen molar-refractivity contribution in [2.75, 3.05) is 18.2 Å². The molecule has 0 spiro atoms. The van der Waals surface area contributed by atoms with Crippen molar-refractivity contribution >= 4 is 44.9 Å². The summed E-state index contributed by atoms with van der Waals surface area (Å²) in [5.41, 5.74) is 2.89. The summed E-state index contributed by atoms with van der Waals surface area (Å²) in [4.78, 5) is 30.3. The van der Waals surface area contributed by atoms with Gasteiger partial charge in [0.1, 0.15) is 10.4 Å². The smallest absolute Gasteiger partial charge is 0.276 e. The summed E-state index contributed by atoms with van der Waals surface area (Å²) < 4.78 is 7.52. The van der Waals surface area contributed by atoms with Gasteiger partial charge in [-0.05, 0) is 42.6 Å². The fraction of sp³-hybridized carbons (Fsp3) is 0.136. The predicted molar refractivity (Wildman–Crippen MR) is 122 cm³/mol. The SMILES string of the molecule is COc1ccccc1-n1c(SCC(=O)Nc2ccc(C)cc2)nc2ccsc2c1=O. The molecule has 0 saturated carbocycles. The van der Waals surface area contributed by atoms with Crippen LogP contribution in [-0.4, -0.2) is 28.3 Å². The number of aryl methyl sites for hydroxylation is 1. The fourth-order valence-corrected chi connectivity index (χ4v) is 4.55. The third-order valence-electron chi connectivity index (χ3n) is 4.44. The van der Waals surface area contributed by atoms with Crippen molar-refractivity contribution in [2.45, 2.75) is 12.1 Å². The van der Waals surface area contributed by atoms with Crippen LogP contribution in [0.4, 0.5) is 5.69 Å². The number of hydrogen-bond acceptors (Lipinski definition) is 6. The minimum absolute atomic E-state index is 0.116. The van der Waals surface area contributed by atoms with Gasteiger partial charge in [-0.15, -0.1) is 11.3 Å². The molecule has 0 bridgehead atoms. The lowest BCUT2D eigenvalue weighted by Gasteiger charge is -2.14. The van der Waals surface area contributed by atoms with Crippen LogP contribution in [0.2, 0.25) is 0 Å². The molecule has 0 aliphatic rings. The highest BCUT2D eigenvalue weighted by Gasteiger charge is 2.18. The Kier molecular flexibility index (Phi) is 5.87. The molecule has 6 nitrogen and oxygen atoms in total. The molecule has 0 radical (unpaired) electrons. The van der Waals surface area contributed by atoms with E-state index in [0.717, 1.165) is 11.3 Å². The van der Waals surface area contributed by atoms with E-state index in [9.17, 15) is 9.59 Å². The first-order valence-corrected chi connectivity index (χ1v) is 11.1. The topological polar surface area (TPSA) is 73.2 Å². The highest BCUT2D eigenvalue weighted by atomic mass is 32.2. The summed E-state index contributed by atoms with van der Waals surface area (Å²) in [6.45, 7) is 1.99. The summed E-state index contributed by atoms with van der Waals surface area (Å²) in [6.07, 6.45) is 0. The molecule has 8 heteroatoms. The first kappa shape index (κ1) is 20.2. The van der Waals surface area contributed by atoms with Crippen molar-refractivity contribution in [3.8, 4) is 11.4 Å². The van der Waals surface area contributed by atoms with Crippen LogP contribution in [0.1, 0.15) is 5.56 Å². The number of carbonyl (C=O) groups is 1. The van der Waals surface area contributed by atoms with Crippen molar-refractivity contribution in [1.29, 1.82) is 0 Å². The van der Waals surface area contributed by atoms with E-state index in [-0.39, 0.29) is 17.2 Å². The Morgan fingerprint density at radius 1 is 1.17 bits per heavy atom. The molecule has 1 amide bonds. The average molecular weight is 438 g/mol. The number of thiophene rings is 1. The Balaban J connectivity index is 1.67. The van der Waals surface area contributed by atoms with Crippen molar-refractivity contribution < 1.29 is 9.53 Å². The zero-order valence-electron chi connectivity index (χ0n) is 16.4. The Morgan fingerprint density at radius 2 is 1.93 bits per heavy atom. The molecular formula is C22H19N3O3S2. The van der Waals surface area contributed by atoms with Crippen LogP contribution in [0, 0.1) is 6.92 Å². The van der Waals surface area contributed by atoms with Gasteiger partial charge in [0, 0.05) is 5.69 Å². The van der Waals surface area contributed by atoms with Crippen LogP contribution >= 0.6 is 23.1 Å². The maximum atomic E-state index is 13.2. The van der Waals surface area contributed by atoms with E-state index >= 15 is 0 Å². The van der Waals surface area contributed by atoms with Crippen LogP contribution in [0.15, 0.2) is 69.9 Å². The molecule has 4 aromatic rings. The number of para-hydroxylation sites is 2. The molecule has 0 saturated heterocycles. The maximum absolute atomic E-state index is 13.2. The number of anilines is 1. The van der Waals surface area contributed by atoms with E-state index in [4.69, 9.17) is 4.74 Å². The number of amides is 1. The van der Waals surface area contributed by atoms with E-state index in [0.29, 0.717) is 26.8 Å². The normalized spacial score (nSPS) is 10.9. The number of rotatable bonds is 6. The minimum Gasteiger partial charge on any atom is -0.495 e. The second kappa shape index (κ2) is 8.73. The van der Waals surface area contributed by atoms with Gasteiger partial charge in [-0.2, -0.15) is 0 Å². The molecular weight excluding hydrogens is 418 g/mol. The van der Waals surface area contributed by atoms with Crippen LogP contribution in [0.25, 0.3) is 15.9 Å². The fourth-order valence-electron chi connectivity index (χ4n) is 2.98. The first-order chi connectivity index (χ1) is 14.6. The van der Waals surface area contributed by atoms with E-state index < -0.39 is 0 Å². The largest absolute Gasteiger partial charge is 0.495 e. The molecule has 0 atom stereocenters. The molecule has 4 rings (SSSR count). The number of nitrogens with zero attached hydrogens (tertiary/aromatic N) is 2. The van der Waals surface area contributed by atoms with Crippen LogP contribution in [0.3, 0.4) is 0 Å². The third kappa shape index (κ3) is 4.10. The summed E-state index contributed by atoms with van der Waals surface area (Å²) in [5.74, 6) is 0.504. The van der Waals surface area contributed by atoms with Gasteiger partial charge in [0.05, 0.1) is 24.1 Å². The Hall–Kier alpha value is -3.10. The van der Waals surface area contributed by atoms with Gasteiger partial charge in [-0.3, -0.25) is 14.2 Å². The molecule has 1 N–H and O–H groups in total. The Bertz CT molecular complexity index is 1260. The number of ether oxygens (including phenoxy) is 1. The van der Waals surface area contributed by atoms with Crippen LogP contribution < -0.4 is 15.6 Å². The molecule has 2 heterocycles. The first-order valence-electron chi connectivity index (χ1n) is 9.20. The number of thioether (sulfide) groups is 1. The number of nitrogens with one attached hydrogen (secondary N) is 1. The monoisotopic (exact) mass is 437 g/mol. The summed E-state index contributed by atoms with van der Waals surface area (Å²) >= 11 is 2.56. The quantitative estimate of drug-likeness (QED) is 0.355. The second-order valence-corrected chi connectivity index (χ2v) is 8.40. The molecule has 0 fully saturated rings. The molecule has 30 heavy (non-hydrogen) atoms. The van der Waals surface area contributed by atoms with E-state index in [1.165, 1.54) is 27.7 Å². The number of aromatic nitrogens is 2. The molecule has 152 valence electrons. The van der Waals surface area contributed by atoms with Gasteiger partial charge in [0.25, 0.3) is 5.56 Å². The maximum Gasteiger partial charge on any atom is 0.276 e. The molecule has 0 unspecified atom stereocenters. The Morgan fingerprint density at radius 3 is 2.70 bits per heavy atom. The van der Waals surface area contributed by atoms with Crippen molar-refractivity contribution in [2.24, 2.45) is 0 Å². The number of hydrogen-bond donors (Lipinski definition) is 1. The van der Waals surface area contributed by atoms with Gasteiger partial charge in [0.15, 0.2) is 5.16 Å². The zero-order chi connectivity index (χ0) is 21.1. The second-order valence-electron chi connectivity index (χ2n) is 6.54. The summed E-state index contributed by atoms with van der Waals surface area (Å²) in [7, 11) is 1.56. The van der Waals surface area contributed by atoms with E-state index in [2.05, 4.69) is 10.3 Å². The average Bonchev–Trinajstić information content (AvgIpc) is 3.23. The van der Waals surface area contributed by atoms with Crippen LogP contribution in [-0.2, 0) is 4.79 Å². The van der Waals surface area contributed by atoms with Gasteiger partial charge in [-0.25, -0.2) is 4.98 Å². The summed E-state index contributed by atoms with van der Waals surface area (Å²) in [6, 6.07) is 16.7. The highest BCUT2D eigenvalue weighted by Crippen LogP contribution is 2.28. The Labute approximate surface area is 181 Å². The molecule has 0 aliphatic carbocycles. The predicted octanol–water partition coefficient (Wildman–Crippen LogP) is 4.50. The number of benzene rings is 2. The number of methoxy groups -OCH3 is 1. The zero-order valence-corrected chi connectivity index (χ0v) is 18.0. The molecule has 0 aliphatic heterocycles. The van der Waals surface area contributed by atoms with E-state index in [1.54, 1.807) is 19.2 Å². The van der Waals surface area contributed by atoms with Gasteiger partial charge < -0.3 is 10.1 Å². The van der Waals surface area contributed by atoms with Gasteiger partial charge >= 0.3 is 0 Å². The van der Waals surface area contributed by atoms with Crippen molar-refractivity contribution in [1.82, 2.24) is 9.55 Å². The van der Waals surface area contributed by atoms with Crippen LogP contribution in [0.5, 0.6) is 5.75 Å². The number of fused-ring (bicyclic) bond motifs is 1. The van der Waals surface area contributed by atoms with Crippen molar-refractivity contribution in [3.63, 3.8) is 0 Å². The molecule has 2 aromatic heterocycles. The van der Waals surface area contributed by atoms with Gasteiger partial charge in [-0.1, -0.05) is 41.6 Å². The minimum atomic E-state index is -0.180. The lowest BCUT2D eigenvalue weighted by atomic mass is 10.2. The lowest BCUT2D eigenvalue weighted by Crippen LogP contribution is -2.22. The highest BCUT2D eigenvalue weighted by molar-refractivity contribution is 7.99. The van der Waals surface area contributed by atoms with Gasteiger partial charge in [0.2, 0.25) is 5.91 Å². The third-order valence-corrected chi connectivity index (χ3v) is 6.27. The lowest BCUT2D eigenvalue weighted by molar-refractivity contribution is -0.113. The standard InChI is InChI=1S/C22H19N3O3S2/c1-14-7-9-15(10-8-14)23-19(26)13-30-22-24-16-11-12-29-20(16)21(27)25(22)17-5-3-4-6-18(17)28-2/h3-12H,13H2,1-2H3,(H,23,26). The molecule has 2 aromatic carbocycles. The van der Waals surface area contributed by atoms with E-state index in [1.807, 2.05) is 54.8 Å². The summed E-state index contributed by atoms with van der Waals surface area (Å²) in [5, 5.41) is 5.15.